The first-order valence-electron chi connectivity index (χ1n) is 10.6. The van der Waals surface area contributed by atoms with Crippen molar-refractivity contribution in [3.05, 3.63) is 77.4 Å². The van der Waals surface area contributed by atoms with E-state index in [1.807, 2.05) is 31.2 Å². The van der Waals surface area contributed by atoms with Crippen LogP contribution >= 0.6 is 0 Å². The Balaban J connectivity index is 1.42. The van der Waals surface area contributed by atoms with Gasteiger partial charge in [-0.15, -0.1) is 5.10 Å². The van der Waals surface area contributed by atoms with Crippen LogP contribution < -0.4 is 5.32 Å². The van der Waals surface area contributed by atoms with E-state index < -0.39 is 0 Å². The van der Waals surface area contributed by atoms with E-state index in [1.165, 1.54) is 11.1 Å². The largest absolute Gasteiger partial charge is 0.345 e. The molecule has 30 heavy (non-hydrogen) atoms. The van der Waals surface area contributed by atoms with E-state index in [0.717, 1.165) is 31.7 Å². The van der Waals surface area contributed by atoms with Gasteiger partial charge in [-0.25, -0.2) is 9.67 Å². The normalized spacial score (nSPS) is 16.9. The molecule has 0 aliphatic carbocycles. The molecule has 4 rings (SSSR count). The Kier molecular flexibility index (Phi) is 5.95. The van der Waals surface area contributed by atoms with Crippen LogP contribution in [0.4, 0.5) is 0 Å². The van der Waals surface area contributed by atoms with Crippen LogP contribution in [-0.4, -0.2) is 44.7 Å². The molecular weight excluding hydrogens is 374 g/mol. The third-order valence-corrected chi connectivity index (χ3v) is 5.62. The highest BCUT2D eigenvalue weighted by Gasteiger charge is 2.26. The highest BCUT2D eigenvalue weighted by atomic mass is 16.2. The third-order valence-electron chi connectivity index (χ3n) is 5.62. The summed E-state index contributed by atoms with van der Waals surface area (Å²) in [5.74, 6) is 1.10. The van der Waals surface area contributed by atoms with E-state index in [2.05, 4.69) is 64.5 Å². The smallest absolute Gasteiger partial charge is 0.291 e. The molecule has 1 N–H and O–H groups in total. The number of nitrogens with zero attached hydrogens (tertiary/aromatic N) is 4. The van der Waals surface area contributed by atoms with Gasteiger partial charge in [0, 0.05) is 25.7 Å². The number of aromatic nitrogens is 3. The number of hydrogen-bond donors (Lipinski definition) is 1. The molecular formula is C24H29N5O. The molecule has 0 bridgehead atoms. The van der Waals surface area contributed by atoms with Crippen molar-refractivity contribution in [1.29, 1.82) is 0 Å². The lowest BCUT2D eigenvalue weighted by Gasteiger charge is -2.16. The summed E-state index contributed by atoms with van der Waals surface area (Å²) in [7, 11) is 0. The second-order valence-corrected chi connectivity index (χ2v) is 8.29. The van der Waals surface area contributed by atoms with Crippen molar-refractivity contribution in [3.8, 4) is 5.69 Å². The van der Waals surface area contributed by atoms with Crippen molar-refractivity contribution in [2.45, 2.75) is 45.7 Å². The van der Waals surface area contributed by atoms with Gasteiger partial charge in [0.05, 0.1) is 5.69 Å². The molecule has 1 atom stereocenters. The number of carbonyl (C=O) groups excluding carboxylic acids is 1. The van der Waals surface area contributed by atoms with Gasteiger partial charge in [0.2, 0.25) is 5.82 Å². The summed E-state index contributed by atoms with van der Waals surface area (Å²) < 4.78 is 1.78. The number of likely N-dealkylation sites (tertiary alicyclic amines) is 1. The Hall–Kier alpha value is -2.99. The number of amides is 1. The van der Waals surface area contributed by atoms with Gasteiger partial charge in [-0.3, -0.25) is 9.69 Å². The van der Waals surface area contributed by atoms with Gasteiger partial charge in [0.1, 0.15) is 5.82 Å². The Morgan fingerprint density at radius 1 is 1.13 bits per heavy atom. The molecule has 1 saturated heterocycles. The van der Waals surface area contributed by atoms with E-state index in [4.69, 9.17) is 0 Å². The highest BCUT2D eigenvalue weighted by Crippen LogP contribution is 2.23. The zero-order chi connectivity index (χ0) is 21.1. The standard InChI is InChI=1S/C24H29N5O/c1-17(2)21-11-7-8-12-22(21)29-18(3)25-23(27-29)24(30)26-20-13-14-28(16-20)15-19-9-5-4-6-10-19/h4-12,17,20H,13-16H2,1-3H3,(H,26,30). The number of aryl methyl sites for hydroxylation is 1. The molecule has 3 aromatic rings. The minimum Gasteiger partial charge on any atom is -0.345 e. The summed E-state index contributed by atoms with van der Waals surface area (Å²) in [6.07, 6.45) is 0.939. The molecule has 1 unspecified atom stereocenters. The van der Waals surface area contributed by atoms with Gasteiger partial charge in [-0.1, -0.05) is 62.4 Å². The quantitative estimate of drug-likeness (QED) is 0.682. The molecule has 2 aromatic carbocycles. The molecule has 6 nitrogen and oxygen atoms in total. The maximum atomic E-state index is 12.8. The molecule has 1 amide bonds. The van der Waals surface area contributed by atoms with Gasteiger partial charge in [0.25, 0.3) is 5.91 Å². The SMILES string of the molecule is Cc1nc(C(=O)NC2CCN(Cc3ccccc3)C2)nn1-c1ccccc1C(C)C. The number of hydrogen-bond acceptors (Lipinski definition) is 4. The second-order valence-electron chi connectivity index (χ2n) is 8.29. The fraction of sp³-hybridized carbons (Fsp3) is 0.375. The van der Waals surface area contributed by atoms with E-state index >= 15 is 0 Å². The van der Waals surface area contributed by atoms with Crippen molar-refractivity contribution in [1.82, 2.24) is 25.0 Å². The topological polar surface area (TPSA) is 63.1 Å². The van der Waals surface area contributed by atoms with E-state index in [0.29, 0.717) is 11.7 Å². The molecule has 0 saturated carbocycles. The summed E-state index contributed by atoms with van der Waals surface area (Å²) >= 11 is 0. The molecule has 0 spiro atoms. The summed E-state index contributed by atoms with van der Waals surface area (Å²) in [6.45, 7) is 8.92. The second kappa shape index (κ2) is 8.79. The molecule has 1 aromatic heterocycles. The maximum absolute atomic E-state index is 12.8. The van der Waals surface area contributed by atoms with Crippen molar-refractivity contribution < 1.29 is 4.79 Å². The Morgan fingerprint density at radius 3 is 2.63 bits per heavy atom. The molecule has 1 aliphatic heterocycles. The van der Waals surface area contributed by atoms with Gasteiger partial charge in [-0.05, 0) is 36.5 Å². The van der Waals surface area contributed by atoms with Crippen molar-refractivity contribution in [2.24, 2.45) is 0 Å². The van der Waals surface area contributed by atoms with Gasteiger partial charge in [-0.2, -0.15) is 0 Å². The molecule has 2 heterocycles. The molecule has 0 radical (unpaired) electrons. The summed E-state index contributed by atoms with van der Waals surface area (Å²) in [5.41, 5.74) is 3.46. The summed E-state index contributed by atoms with van der Waals surface area (Å²) in [6, 6.07) is 18.7. The minimum atomic E-state index is -0.203. The zero-order valence-corrected chi connectivity index (χ0v) is 17.9. The number of carbonyl (C=O) groups is 1. The predicted molar refractivity (Wildman–Crippen MR) is 118 cm³/mol. The Bertz CT molecular complexity index is 1010. The molecule has 1 aliphatic rings. The van der Waals surface area contributed by atoms with Crippen LogP contribution in [0.15, 0.2) is 54.6 Å². The number of benzene rings is 2. The Morgan fingerprint density at radius 2 is 1.87 bits per heavy atom. The van der Waals surface area contributed by atoms with Crippen LogP contribution in [0.5, 0.6) is 0 Å². The van der Waals surface area contributed by atoms with Crippen LogP contribution in [0, 0.1) is 6.92 Å². The lowest BCUT2D eigenvalue weighted by atomic mass is 10.0. The van der Waals surface area contributed by atoms with Crippen LogP contribution in [-0.2, 0) is 6.54 Å². The fourth-order valence-corrected chi connectivity index (χ4v) is 4.07. The van der Waals surface area contributed by atoms with E-state index in [-0.39, 0.29) is 17.8 Å². The van der Waals surface area contributed by atoms with Crippen molar-refractivity contribution in [2.75, 3.05) is 13.1 Å². The molecule has 1 fully saturated rings. The average molecular weight is 404 g/mol. The number of rotatable bonds is 6. The zero-order valence-electron chi connectivity index (χ0n) is 17.9. The van der Waals surface area contributed by atoms with Crippen LogP contribution in [0.1, 0.15) is 53.8 Å². The predicted octanol–water partition coefficient (Wildman–Crippen LogP) is 3.70. The monoisotopic (exact) mass is 403 g/mol. The Labute approximate surface area is 177 Å². The average Bonchev–Trinajstić information content (AvgIpc) is 3.35. The molecule has 6 heteroatoms. The first-order valence-corrected chi connectivity index (χ1v) is 10.6. The van der Waals surface area contributed by atoms with Crippen LogP contribution in [0.3, 0.4) is 0 Å². The fourth-order valence-electron chi connectivity index (χ4n) is 4.07. The van der Waals surface area contributed by atoms with Crippen molar-refractivity contribution in [3.63, 3.8) is 0 Å². The number of para-hydroxylation sites is 1. The van der Waals surface area contributed by atoms with Crippen molar-refractivity contribution >= 4 is 5.91 Å². The van der Waals surface area contributed by atoms with E-state index in [9.17, 15) is 4.79 Å². The van der Waals surface area contributed by atoms with Gasteiger partial charge in [0.15, 0.2) is 0 Å². The van der Waals surface area contributed by atoms with Gasteiger partial charge >= 0.3 is 0 Å². The highest BCUT2D eigenvalue weighted by molar-refractivity contribution is 5.90. The summed E-state index contributed by atoms with van der Waals surface area (Å²) in [5, 5.41) is 7.65. The number of nitrogens with one attached hydrogen (secondary N) is 1. The van der Waals surface area contributed by atoms with Crippen LogP contribution in [0.25, 0.3) is 5.69 Å². The van der Waals surface area contributed by atoms with Gasteiger partial charge < -0.3 is 5.32 Å². The summed E-state index contributed by atoms with van der Waals surface area (Å²) in [4.78, 5) is 19.6. The lowest BCUT2D eigenvalue weighted by molar-refractivity contribution is 0.0927. The minimum absolute atomic E-state index is 0.122. The lowest BCUT2D eigenvalue weighted by Crippen LogP contribution is -2.37. The third kappa shape index (κ3) is 4.44. The first-order chi connectivity index (χ1) is 14.5. The molecule has 156 valence electrons. The maximum Gasteiger partial charge on any atom is 0.291 e. The van der Waals surface area contributed by atoms with Crippen LogP contribution in [0.2, 0.25) is 0 Å². The van der Waals surface area contributed by atoms with E-state index in [1.54, 1.807) is 4.68 Å². The first kappa shape index (κ1) is 20.3.